The number of nitrogens with one attached hydrogen (secondary N) is 2. The van der Waals surface area contributed by atoms with Crippen LogP contribution in [-0.4, -0.2) is 68.8 Å². The van der Waals surface area contributed by atoms with Gasteiger partial charge in [-0.15, -0.1) is 0 Å². The Bertz CT molecular complexity index is 1010. The fraction of sp³-hybridized carbons (Fsp3) is 0.679. The summed E-state index contributed by atoms with van der Waals surface area (Å²) in [4.78, 5) is 43.5. The Labute approximate surface area is 220 Å². The van der Waals surface area contributed by atoms with Crippen molar-refractivity contribution in [1.29, 1.82) is 0 Å². The van der Waals surface area contributed by atoms with Gasteiger partial charge in [0, 0.05) is 51.1 Å². The largest absolute Gasteiger partial charge is 0.476 e. The van der Waals surface area contributed by atoms with E-state index < -0.39 is 5.60 Å². The zero-order valence-corrected chi connectivity index (χ0v) is 22.8. The summed E-state index contributed by atoms with van der Waals surface area (Å²) in [6.07, 6.45) is 3.98. The molecule has 37 heavy (non-hydrogen) atoms. The van der Waals surface area contributed by atoms with Gasteiger partial charge in [0.15, 0.2) is 5.60 Å². The fourth-order valence-corrected chi connectivity index (χ4v) is 5.13. The molecule has 2 fully saturated rings. The highest BCUT2D eigenvalue weighted by Crippen LogP contribution is 2.43. The minimum absolute atomic E-state index is 0.0103. The number of hydrogen-bond donors (Lipinski definition) is 2. The van der Waals surface area contributed by atoms with Crippen LogP contribution in [0.2, 0.25) is 0 Å². The average molecular weight is 515 g/mol. The number of carbonyl (C=O) groups excluding carboxylic acids is 3. The number of ether oxygens (including phenoxy) is 2. The Morgan fingerprint density at radius 3 is 2.68 bits per heavy atom. The summed E-state index contributed by atoms with van der Waals surface area (Å²) in [6, 6.07) is 5.95. The van der Waals surface area contributed by atoms with Gasteiger partial charge in [-0.3, -0.25) is 14.4 Å². The van der Waals surface area contributed by atoms with Gasteiger partial charge in [-0.1, -0.05) is 6.92 Å². The molecule has 0 bridgehead atoms. The Morgan fingerprint density at radius 2 is 2.00 bits per heavy atom. The third kappa shape index (κ3) is 6.09. The molecule has 2 heterocycles. The molecule has 9 heteroatoms. The van der Waals surface area contributed by atoms with Crippen molar-refractivity contribution in [2.45, 2.75) is 77.5 Å². The van der Waals surface area contributed by atoms with Crippen LogP contribution in [0.25, 0.3) is 0 Å². The molecule has 1 aromatic rings. The summed E-state index contributed by atoms with van der Waals surface area (Å²) in [5.74, 6) is 0.0548. The van der Waals surface area contributed by atoms with E-state index in [1.807, 2.05) is 36.9 Å². The summed E-state index contributed by atoms with van der Waals surface area (Å²) in [6.45, 7) is 9.79. The van der Waals surface area contributed by atoms with Crippen LogP contribution in [0.5, 0.6) is 5.75 Å². The summed E-state index contributed by atoms with van der Waals surface area (Å²) in [5, 5.41) is 6.37. The first-order valence-corrected chi connectivity index (χ1v) is 13.6. The average Bonchev–Trinajstić information content (AvgIpc) is 3.71. The van der Waals surface area contributed by atoms with Gasteiger partial charge in [0.2, 0.25) is 11.8 Å². The number of amides is 3. The van der Waals surface area contributed by atoms with Crippen LogP contribution < -0.4 is 25.2 Å². The van der Waals surface area contributed by atoms with E-state index in [-0.39, 0.29) is 41.6 Å². The van der Waals surface area contributed by atoms with Gasteiger partial charge < -0.3 is 29.9 Å². The van der Waals surface area contributed by atoms with Gasteiger partial charge in [-0.2, -0.15) is 0 Å². The lowest BCUT2D eigenvalue weighted by Crippen LogP contribution is -2.53. The number of rotatable bonds is 10. The molecule has 4 rings (SSSR count). The van der Waals surface area contributed by atoms with E-state index in [1.165, 1.54) is 0 Å². The smallest absolute Gasteiger partial charge is 0.270 e. The number of benzene rings is 1. The van der Waals surface area contributed by atoms with Crippen molar-refractivity contribution in [1.82, 2.24) is 10.6 Å². The maximum atomic E-state index is 13.9. The predicted octanol–water partition coefficient (Wildman–Crippen LogP) is 2.86. The van der Waals surface area contributed by atoms with E-state index in [0.717, 1.165) is 24.9 Å². The van der Waals surface area contributed by atoms with Crippen LogP contribution in [0.3, 0.4) is 0 Å². The Morgan fingerprint density at radius 1 is 1.27 bits per heavy atom. The number of anilines is 2. The summed E-state index contributed by atoms with van der Waals surface area (Å²) < 4.78 is 11.3. The molecule has 204 valence electrons. The lowest BCUT2D eigenvalue weighted by molar-refractivity contribution is -0.132. The zero-order chi connectivity index (χ0) is 26.7. The van der Waals surface area contributed by atoms with E-state index >= 15 is 0 Å². The maximum absolute atomic E-state index is 13.9. The van der Waals surface area contributed by atoms with Crippen molar-refractivity contribution in [3.05, 3.63) is 18.2 Å². The second-order valence-corrected chi connectivity index (χ2v) is 11.1. The zero-order valence-electron chi connectivity index (χ0n) is 22.8. The number of hydrogen-bond acceptors (Lipinski definition) is 6. The lowest BCUT2D eigenvalue weighted by atomic mass is 9.88. The summed E-state index contributed by atoms with van der Waals surface area (Å²) in [7, 11) is 1.65. The van der Waals surface area contributed by atoms with Gasteiger partial charge in [0.25, 0.3) is 5.91 Å². The van der Waals surface area contributed by atoms with Gasteiger partial charge in [0.1, 0.15) is 5.75 Å². The van der Waals surface area contributed by atoms with Crippen LogP contribution in [0.15, 0.2) is 18.2 Å². The number of methoxy groups -OCH3 is 1. The van der Waals surface area contributed by atoms with E-state index in [1.54, 1.807) is 25.9 Å². The Kier molecular flexibility index (Phi) is 8.43. The molecule has 3 amide bonds. The maximum Gasteiger partial charge on any atom is 0.270 e. The molecular formula is C28H42N4O5. The van der Waals surface area contributed by atoms with E-state index in [2.05, 4.69) is 10.6 Å². The van der Waals surface area contributed by atoms with Crippen molar-refractivity contribution in [2.24, 2.45) is 11.8 Å². The number of nitrogens with zero attached hydrogens (tertiary/aromatic N) is 2. The third-order valence-corrected chi connectivity index (χ3v) is 7.59. The highest BCUT2D eigenvalue weighted by molar-refractivity contribution is 6.04. The van der Waals surface area contributed by atoms with E-state index in [4.69, 9.17) is 9.47 Å². The first kappa shape index (κ1) is 27.4. The fourth-order valence-electron chi connectivity index (χ4n) is 5.13. The molecule has 0 aromatic heterocycles. The van der Waals surface area contributed by atoms with Gasteiger partial charge in [-0.25, -0.2) is 0 Å². The molecule has 3 aliphatic rings. The van der Waals surface area contributed by atoms with E-state index in [0.29, 0.717) is 50.5 Å². The number of piperidine rings is 1. The van der Waals surface area contributed by atoms with Gasteiger partial charge in [0.05, 0.1) is 17.5 Å². The monoisotopic (exact) mass is 514 g/mol. The number of fused-ring (bicyclic) bond motifs is 1. The molecule has 0 spiro atoms. The van der Waals surface area contributed by atoms with Crippen LogP contribution in [0.1, 0.15) is 59.8 Å². The standard InChI is InChI=1S/C28H42N4O5/c1-6-18(2)30-25(33)19-14-20(17-29-16-19)26(34)32(21-8-9-21)22-10-11-24-23(15-22)31(12-7-13-36-5)27(35)28(3,4)37-24/h10-11,15,18-21,29H,6-9,12-14,16-17H2,1-5H3,(H,30,33)/t18-,19?,20?/m1/s1. The second-order valence-electron chi connectivity index (χ2n) is 11.1. The minimum atomic E-state index is -0.966. The van der Waals surface area contributed by atoms with Crippen LogP contribution in [0, 0.1) is 11.8 Å². The molecule has 1 saturated heterocycles. The molecule has 9 nitrogen and oxygen atoms in total. The van der Waals surface area contributed by atoms with Crippen molar-refractivity contribution >= 4 is 29.1 Å². The van der Waals surface area contributed by atoms with Crippen LogP contribution >= 0.6 is 0 Å². The van der Waals surface area contributed by atoms with Gasteiger partial charge >= 0.3 is 0 Å². The van der Waals surface area contributed by atoms with Crippen molar-refractivity contribution in [2.75, 3.05) is 43.2 Å². The summed E-state index contributed by atoms with van der Waals surface area (Å²) >= 11 is 0. The van der Waals surface area contributed by atoms with Crippen molar-refractivity contribution in [3.63, 3.8) is 0 Å². The minimum Gasteiger partial charge on any atom is -0.476 e. The third-order valence-electron chi connectivity index (χ3n) is 7.59. The molecule has 2 unspecified atom stereocenters. The van der Waals surface area contributed by atoms with Crippen LogP contribution in [0.4, 0.5) is 11.4 Å². The molecule has 0 radical (unpaired) electrons. The number of carbonyl (C=O) groups is 3. The molecule has 2 N–H and O–H groups in total. The molecule has 1 saturated carbocycles. The molecule has 1 aromatic carbocycles. The SMILES string of the molecule is CC[C@@H](C)NC(=O)C1CNCC(C(=O)N(c2ccc3c(c2)N(CCCOC)C(=O)C(C)(C)O3)C2CC2)C1. The first-order valence-electron chi connectivity index (χ1n) is 13.6. The van der Waals surface area contributed by atoms with Crippen molar-refractivity contribution in [3.8, 4) is 5.75 Å². The van der Waals surface area contributed by atoms with Crippen LogP contribution in [-0.2, 0) is 19.1 Å². The first-order chi connectivity index (χ1) is 17.7. The second kappa shape index (κ2) is 11.4. The highest BCUT2D eigenvalue weighted by Gasteiger charge is 2.43. The predicted molar refractivity (Wildman–Crippen MR) is 143 cm³/mol. The van der Waals surface area contributed by atoms with Crippen molar-refractivity contribution < 1.29 is 23.9 Å². The lowest BCUT2D eigenvalue weighted by Gasteiger charge is -2.39. The molecule has 3 atom stereocenters. The quantitative estimate of drug-likeness (QED) is 0.466. The normalized spacial score (nSPS) is 23.6. The molecule has 2 aliphatic heterocycles. The molecular weight excluding hydrogens is 472 g/mol. The Balaban J connectivity index is 1.57. The van der Waals surface area contributed by atoms with E-state index in [9.17, 15) is 14.4 Å². The Hall–Kier alpha value is -2.65. The highest BCUT2D eigenvalue weighted by atomic mass is 16.5. The summed E-state index contributed by atoms with van der Waals surface area (Å²) in [5.41, 5.74) is 0.487. The molecule has 1 aliphatic carbocycles. The topological polar surface area (TPSA) is 100 Å². The van der Waals surface area contributed by atoms with Gasteiger partial charge in [-0.05, 0) is 71.1 Å².